The van der Waals surface area contributed by atoms with E-state index in [9.17, 15) is 13.2 Å². The molecule has 1 aromatic heterocycles. The SMILES string of the molecule is O=c1[nH]c2ccc(S(=O)(=O)N3CCN(C/C=C/c4ccccc4)CC3)cc2[nH]1. The maximum atomic E-state index is 12.9. The smallest absolute Gasteiger partial charge is 0.306 e. The number of nitrogens with zero attached hydrogens (tertiary/aromatic N) is 2. The Hall–Kier alpha value is -2.68. The molecule has 0 saturated carbocycles. The first-order chi connectivity index (χ1) is 13.5. The highest BCUT2D eigenvalue weighted by atomic mass is 32.2. The number of aromatic nitrogens is 2. The molecule has 8 heteroatoms. The predicted molar refractivity (Wildman–Crippen MR) is 110 cm³/mol. The molecule has 0 atom stereocenters. The van der Waals surface area contributed by atoms with Crippen LogP contribution in [0.2, 0.25) is 0 Å². The van der Waals surface area contributed by atoms with Crippen LogP contribution in [-0.4, -0.2) is 60.3 Å². The fraction of sp³-hybridized carbons (Fsp3) is 0.250. The van der Waals surface area contributed by atoms with Gasteiger partial charge in [-0.05, 0) is 23.8 Å². The van der Waals surface area contributed by atoms with Crippen molar-refractivity contribution >= 4 is 27.1 Å². The van der Waals surface area contributed by atoms with Gasteiger partial charge in [-0.3, -0.25) is 4.90 Å². The van der Waals surface area contributed by atoms with Gasteiger partial charge in [0.1, 0.15) is 0 Å². The molecule has 0 aliphatic carbocycles. The van der Waals surface area contributed by atoms with E-state index in [1.807, 2.05) is 18.2 Å². The number of benzene rings is 2. The third-order valence-corrected chi connectivity index (χ3v) is 6.82. The van der Waals surface area contributed by atoms with E-state index in [1.54, 1.807) is 6.07 Å². The van der Waals surface area contributed by atoms with Crippen LogP contribution >= 0.6 is 0 Å². The van der Waals surface area contributed by atoms with Crippen molar-refractivity contribution in [3.8, 4) is 0 Å². The number of hydrogen-bond acceptors (Lipinski definition) is 4. The van der Waals surface area contributed by atoms with E-state index in [0.29, 0.717) is 37.2 Å². The van der Waals surface area contributed by atoms with Gasteiger partial charge in [0.15, 0.2) is 0 Å². The second kappa shape index (κ2) is 7.75. The molecule has 4 rings (SSSR count). The summed E-state index contributed by atoms with van der Waals surface area (Å²) in [6, 6.07) is 14.8. The van der Waals surface area contributed by atoms with Crippen molar-refractivity contribution < 1.29 is 8.42 Å². The van der Waals surface area contributed by atoms with E-state index in [4.69, 9.17) is 0 Å². The zero-order chi connectivity index (χ0) is 19.6. The van der Waals surface area contributed by atoms with Crippen LogP contribution in [0.1, 0.15) is 5.56 Å². The molecule has 1 saturated heterocycles. The standard InChI is InChI=1S/C20H22N4O3S/c25-20-21-18-9-8-17(15-19(18)22-20)28(26,27)24-13-11-23(12-14-24)10-4-7-16-5-2-1-3-6-16/h1-9,15H,10-14H2,(H2,21,22,25)/b7-4+. The van der Waals surface area contributed by atoms with Gasteiger partial charge in [-0.1, -0.05) is 42.5 Å². The highest BCUT2D eigenvalue weighted by molar-refractivity contribution is 7.89. The van der Waals surface area contributed by atoms with Crippen LogP contribution in [0, 0.1) is 0 Å². The van der Waals surface area contributed by atoms with Crippen LogP contribution in [0.25, 0.3) is 17.1 Å². The van der Waals surface area contributed by atoms with Gasteiger partial charge in [0.2, 0.25) is 10.0 Å². The summed E-state index contributed by atoms with van der Waals surface area (Å²) in [4.78, 5) is 19.0. The first-order valence-corrected chi connectivity index (χ1v) is 10.6. The molecule has 146 valence electrons. The highest BCUT2D eigenvalue weighted by Crippen LogP contribution is 2.20. The maximum absolute atomic E-state index is 12.9. The molecule has 0 bridgehead atoms. The zero-order valence-electron chi connectivity index (χ0n) is 15.3. The average Bonchev–Trinajstić information content (AvgIpc) is 3.08. The molecule has 7 nitrogen and oxygen atoms in total. The van der Waals surface area contributed by atoms with Crippen molar-refractivity contribution in [2.45, 2.75) is 4.90 Å². The first-order valence-electron chi connectivity index (χ1n) is 9.18. The minimum absolute atomic E-state index is 0.202. The number of hydrogen-bond donors (Lipinski definition) is 2. The molecule has 1 aliphatic heterocycles. The topological polar surface area (TPSA) is 89.3 Å². The fourth-order valence-electron chi connectivity index (χ4n) is 3.38. The second-order valence-corrected chi connectivity index (χ2v) is 8.74. The second-order valence-electron chi connectivity index (χ2n) is 6.80. The summed E-state index contributed by atoms with van der Waals surface area (Å²) < 4.78 is 27.4. The van der Waals surface area contributed by atoms with Crippen LogP contribution in [-0.2, 0) is 10.0 Å². The van der Waals surface area contributed by atoms with Gasteiger partial charge >= 0.3 is 5.69 Å². The number of piperazine rings is 1. The molecule has 1 aliphatic rings. The molecule has 0 unspecified atom stereocenters. The van der Waals surface area contributed by atoms with Gasteiger partial charge in [-0.15, -0.1) is 0 Å². The van der Waals surface area contributed by atoms with Crippen molar-refractivity contribution in [3.63, 3.8) is 0 Å². The Bertz CT molecular complexity index is 1140. The number of nitrogens with one attached hydrogen (secondary N) is 2. The van der Waals surface area contributed by atoms with Crippen molar-refractivity contribution in [1.82, 2.24) is 19.2 Å². The van der Waals surface area contributed by atoms with E-state index in [1.165, 1.54) is 16.4 Å². The van der Waals surface area contributed by atoms with Crippen LogP contribution in [0.5, 0.6) is 0 Å². The largest absolute Gasteiger partial charge is 0.323 e. The van der Waals surface area contributed by atoms with Crippen LogP contribution in [0.15, 0.2) is 64.3 Å². The molecule has 3 aromatic rings. The number of aromatic amines is 2. The maximum Gasteiger partial charge on any atom is 0.323 e. The van der Waals surface area contributed by atoms with Crippen molar-refractivity contribution in [1.29, 1.82) is 0 Å². The molecule has 0 radical (unpaired) electrons. The normalized spacial score (nSPS) is 16.9. The third kappa shape index (κ3) is 3.94. The summed E-state index contributed by atoms with van der Waals surface area (Å²) in [5.74, 6) is 0. The quantitative estimate of drug-likeness (QED) is 0.687. The molecule has 2 aromatic carbocycles. The summed E-state index contributed by atoms with van der Waals surface area (Å²) in [5.41, 5.74) is 1.90. The van der Waals surface area contributed by atoms with Gasteiger partial charge in [0.25, 0.3) is 0 Å². The lowest BCUT2D eigenvalue weighted by Crippen LogP contribution is -2.48. The first kappa shape index (κ1) is 18.7. The summed E-state index contributed by atoms with van der Waals surface area (Å²) in [6.07, 6.45) is 4.19. The van der Waals surface area contributed by atoms with Gasteiger partial charge in [-0.2, -0.15) is 4.31 Å². The minimum Gasteiger partial charge on any atom is -0.306 e. The van der Waals surface area contributed by atoms with Gasteiger partial charge < -0.3 is 9.97 Å². The van der Waals surface area contributed by atoms with E-state index in [2.05, 4.69) is 39.2 Å². The molecule has 0 spiro atoms. The monoisotopic (exact) mass is 398 g/mol. The predicted octanol–water partition coefficient (Wildman–Crippen LogP) is 1.88. The molecule has 28 heavy (non-hydrogen) atoms. The van der Waals surface area contributed by atoms with Gasteiger partial charge in [0, 0.05) is 32.7 Å². The molecule has 2 heterocycles. The van der Waals surface area contributed by atoms with Crippen molar-refractivity contribution in [2.75, 3.05) is 32.7 Å². The minimum atomic E-state index is -3.58. The lowest BCUT2D eigenvalue weighted by molar-refractivity contribution is 0.204. The summed E-state index contributed by atoms with van der Waals surface area (Å²) in [6.45, 7) is 3.05. The molecular formula is C20H22N4O3S. The van der Waals surface area contributed by atoms with Gasteiger partial charge in [0.05, 0.1) is 15.9 Å². The summed E-state index contributed by atoms with van der Waals surface area (Å²) >= 11 is 0. The van der Waals surface area contributed by atoms with E-state index < -0.39 is 10.0 Å². The molecule has 2 N–H and O–H groups in total. The van der Waals surface area contributed by atoms with E-state index in [0.717, 1.165) is 12.1 Å². The van der Waals surface area contributed by atoms with E-state index in [-0.39, 0.29) is 10.6 Å². The van der Waals surface area contributed by atoms with Crippen LogP contribution in [0.3, 0.4) is 0 Å². The fourth-order valence-corrected chi connectivity index (χ4v) is 4.82. The number of sulfonamides is 1. The molecular weight excluding hydrogens is 376 g/mol. The van der Waals surface area contributed by atoms with Crippen molar-refractivity contribution in [2.24, 2.45) is 0 Å². The molecule has 0 amide bonds. The Morgan fingerprint density at radius 2 is 1.64 bits per heavy atom. The number of H-pyrrole nitrogens is 2. The Labute approximate surface area is 163 Å². The zero-order valence-corrected chi connectivity index (χ0v) is 16.2. The highest BCUT2D eigenvalue weighted by Gasteiger charge is 2.28. The number of fused-ring (bicyclic) bond motifs is 1. The van der Waals surface area contributed by atoms with Crippen molar-refractivity contribution in [3.05, 3.63) is 70.7 Å². The Balaban J connectivity index is 1.39. The molecule has 1 fully saturated rings. The number of rotatable bonds is 5. The van der Waals surface area contributed by atoms with Crippen LogP contribution < -0.4 is 5.69 Å². The average molecular weight is 398 g/mol. The van der Waals surface area contributed by atoms with E-state index >= 15 is 0 Å². The Morgan fingerprint density at radius 3 is 2.39 bits per heavy atom. The number of imidazole rings is 1. The van der Waals surface area contributed by atoms with Crippen LogP contribution in [0.4, 0.5) is 0 Å². The summed E-state index contributed by atoms with van der Waals surface area (Å²) in [7, 11) is -3.58. The Kier molecular flexibility index (Phi) is 5.17. The lowest BCUT2D eigenvalue weighted by atomic mass is 10.2. The third-order valence-electron chi connectivity index (χ3n) is 4.93. The summed E-state index contributed by atoms with van der Waals surface area (Å²) in [5, 5.41) is 0. The lowest BCUT2D eigenvalue weighted by Gasteiger charge is -2.33. The Morgan fingerprint density at radius 1 is 0.929 bits per heavy atom. The van der Waals surface area contributed by atoms with Gasteiger partial charge in [-0.25, -0.2) is 13.2 Å².